The SMILES string of the molecule is COc1ccccc1/N=N/C1(O)C=Cc2cccc([N+](C)(C)C)c2C1.[Cl-]. The summed E-state index contributed by atoms with van der Waals surface area (Å²) in [6, 6.07) is 13.6. The number of azo groups is 1. The van der Waals surface area contributed by atoms with Gasteiger partial charge in [0.1, 0.15) is 17.1 Å². The molecule has 0 aliphatic heterocycles. The van der Waals surface area contributed by atoms with Crippen molar-refractivity contribution < 1.29 is 22.3 Å². The molecule has 0 aromatic heterocycles. The largest absolute Gasteiger partial charge is 1.00 e. The van der Waals surface area contributed by atoms with E-state index in [9.17, 15) is 5.11 Å². The summed E-state index contributed by atoms with van der Waals surface area (Å²) in [6.45, 7) is 0. The lowest BCUT2D eigenvalue weighted by Gasteiger charge is -2.31. The summed E-state index contributed by atoms with van der Waals surface area (Å²) in [7, 11) is 7.93. The molecule has 0 saturated carbocycles. The highest BCUT2D eigenvalue weighted by atomic mass is 35.5. The first-order valence-electron chi connectivity index (χ1n) is 8.24. The van der Waals surface area contributed by atoms with Crippen molar-refractivity contribution in [1.29, 1.82) is 0 Å². The average Bonchev–Trinajstić information content (AvgIpc) is 2.59. The van der Waals surface area contributed by atoms with Crippen molar-refractivity contribution in [2.24, 2.45) is 10.2 Å². The molecule has 2 aromatic rings. The fourth-order valence-electron chi connectivity index (χ4n) is 3.03. The van der Waals surface area contributed by atoms with E-state index in [4.69, 9.17) is 4.74 Å². The van der Waals surface area contributed by atoms with Crippen molar-refractivity contribution in [3.8, 4) is 5.75 Å². The summed E-state index contributed by atoms with van der Waals surface area (Å²) in [6.07, 6.45) is 4.01. The molecule has 1 atom stereocenters. The second-order valence-corrected chi connectivity index (χ2v) is 7.12. The lowest BCUT2D eigenvalue weighted by atomic mass is 9.90. The lowest BCUT2D eigenvalue weighted by molar-refractivity contribution is -0.0000112. The molecule has 1 aliphatic carbocycles. The van der Waals surface area contributed by atoms with Crippen molar-refractivity contribution in [2.75, 3.05) is 28.3 Å². The van der Waals surface area contributed by atoms with Crippen LogP contribution in [0.4, 0.5) is 11.4 Å². The molecule has 0 amide bonds. The van der Waals surface area contributed by atoms with E-state index in [1.807, 2.05) is 36.4 Å². The fraction of sp³-hybridized carbons (Fsp3) is 0.300. The topological polar surface area (TPSA) is 54.2 Å². The summed E-state index contributed by atoms with van der Waals surface area (Å²) >= 11 is 0. The number of ether oxygens (including phenoxy) is 1. The molecule has 5 nitrogen and oxygen atoms in total. The minimum atomic E-state index is -1.36. The maximum atomic E-state index is 10.9. The van der Waals surface area contributed by atoms with Gasteiger partial charge >= 0.3 is 0 Å². The van der Waals surface area contributed by atoms with Gasteiger partial charge in [-0.1, -0.05) is 30.3 Å². The molecular formula is C20H24ClN3O2. The molecule has 0 spiro atoms. The highest BCUT2D eigenvalue weighted by molar-refractivity contribution is 5.67. The molecule has 0 radical (unpaired) electrons. The number of benzene rings is 2. The summed E-state index contributed by atoms with van der Waals surface area (Å²) in [5.74, 6) is 0.627. The number of fused-ring (bicyclic) bond motifs is 1. The van der Waals surface area contributed by atoms with E-state index in [2.05, 4.69) is 43.5 Å². The first-order valence-corrected chi connectivity index (χ1v) is 8.24. The van der Waals surface area contributed by atoms with Crippen molar-refractivity contribution in [3.05, 3.63) is 59.7 Å². The van der Waals surface area contributed by atoms with Crippen LogP contribution in [0.5, 0.6) is 5.75 Å². The van der Waals surface area contributed by atoms with E-state index >= 15 is 0 Å². The molecule has 3 rings (SSSR count). The first-order chi connectivity index (χ1) is 11.8. The predicted molar refractivity (Wildman–Crippen MR) is 101 cm³/mol. The third kappa shape index (κ3) is 4.12. The Morgan fingerprint density at radius 3 is 2.50 bits per heavy atom. The van der Waals surface area contributed by atoms with Crippen LogP contribution in [0.15, 0.2) is 58.8 Å². The van der Waals surface area contributed by atoms with Gasteiger partial charge in [0.25, 0.3) is 0 Å². The van der Waals surface area contributed by atoms with Crippen molar-refractivity contribution in [3.63, 3.8) is 0 Å². The van der Waals surface area contributed by atoms with Crippen LogP contribution in [0.2, 0.25) is 0 Å². The Morgan fingerprint density at radius 1 is 1.08 bits per heavy atom. The highest BCUT2D eigenvalue weighted by Crippen LogP contribution is 2.36. The number of methoxy groups -OCH3 is 1. The fourth-order valence-corrected chi connectivity index (χ4v) is 3.03. The third-order valence-electron chi connectivity index (χ3n) is 4.29. The van der Waals surface area contributed by atoms with Crippen molar-refractivity contribution in [2.45, 2.75) is 12.1 Å². The maximum Gasteiger partial charge on any atom is 0.200 e. The van der Waals surface area contributed by atoms with Crippen LogP contribution in [-0.4, -0.2) is 39.1 Å². The van der Waals surface area contributed by atoms with Crippen LogP contribution in [0, 0.1) is 0 Å². The number of quaternary nitrogens is 1. The second kappa shape index (κ2) is 7.58. The van der Waals surface area contributed by atoms with Gasteiger partial charge in [0.2, 0.25) is 0 Å². The molecule has 6 heteroatoms. The molecule has 1 N–H and O–H groups in total. The van der Waals surface area contributed by atoms with E-state index in [1.54, 1.807) is 13.2 Å². The van der Waals surface area contributed by atoms with E-state index in [0.717, 1.165) is 16.8 Å². The van der Waals surface area contributed by atoms with Crippen LogP contribution >= 0.6 is 0 Å². The standard InChI is InChI=1S/C20H24N3O2.ClH/c1-23(2,3)18-10-7-8-15-12-13-20(24,14-16(15)18)22-21-17-9-5-6-11-19(17)25-4;/h5-13,24H,14H2,1-4H3;1H/q+1;/p-1/b22-21+;. The normalized spacial score (nSPS) is 19.1. The van der Waals surface area contributed by atoms with Crippen LogP contribution in [-0.2, 0) is 6.42 Å². The zero-order valence-electron chi connectivity index (χ0n) is 15.5. The van der Waals surface area contributed by atoms with Crippen molar-refractivity contribution in [1.82, 2.24) is 4.48 Å². The summed E-state index contributed by atoms with van der Waals surface area (Å²) in [4.78, 5) is 0. The van der Waals surface area contributed by atoms with Crippen molar-refractivity contribution >= 4 is 17.5 Å². The van der Waals surface area contributed by atoms with Gasteiger partial charge in [-0.25, -0.2) is 0 Å². The van der Waals surface area contributed by atoms with Crippen LogP contribution in [0.1, 0.15) is 11.1 Å². The van der Waals surface area contributed by atoms with Gasteiger partial charge in [0, 0.05) is 12.0 Å². The Bertz CT molecular complexity index is 843. The molecule has 138 valence electrons. The van der Waals surface area contributed by atoms with Crippen LogP contribution < -0.4 is 21.6 Å². The Morgan fingerprint density at radius 2 is 1.81 bits per heavy atom. The monoisotopic (exact) mass is 373 g/mol. The number of nitrogens with zero attached hydrogens (tertiary/aromatic N) is 3. The van der Waals surface area contributed by atoms with E-state index < -0.39 is 5.72 Å². The molecule has 0 heterocycles. The summed E-state index contributed by atoms with van der Waals surface area (Å²) < 4.78 is 5.96. The minimum Gasteiger partial charge on any atom is -1.00 e. The molecule has 1 aliphatic rings. The van der Waals surface area contributed by atoms with Gasteiger partial charge in [0.05, 0.1) is 28.3 Å². The van der Waals surface area contributed by atoms with Gasteiger partial charge in [0.15, 0.2) is 5.72 Å². The van der Waals surface area contributed by atoms with Gasteiger partial charge in [-0.15, -0.1) is 10.2 Å². The van der Waals surface area contributed by atoms with Gasteiger partial charge in [-0.2, -0.15) is 0 Å². The number of aliphatic hydroxyl groups is 1. The van der Waals surface area contributed by atoms with Gasteiger partial charge in [-0.05, 0) is 29.8 Å². The number of hydrogen-bond acceptors (Lipinski definition) is 4. The summed E-state index contributed by atoms with van der Waals surface area (Å²) in [5.41, 5.74) is 2.60. The van der Waals surface area contributed by atoms with E-state index in [1.165, 1.54) is 0 Å². The molecular weight excluding hydrogens is 350 g/mol. The average molecular weight is 374 g/mol. The number of halogens is 1. The minimum absolute atomic E-state index is 0. The maximum absolute atomic E-state index is 10.9. The lowest BCUT2D eigenvalue weighted by Crippen LogP contribution is -3.00. The Labute approximate surface area is 160 Å². The number of rotatable bonds is 4. The smallest absolute Gasteiger partial charge is 0.200 e. The molecule has 2 aromatic carbocycles. The Hall–Kier alpha value is -2.21. The third-order valence-corrected chi connectivity index (χ3v) is 4.29. The zero-order chi connectivity index (χ0) is 18.1. The second-order valence-electron chi connectivity index (χ2n) is 7.12. The predicted octanol–water partition coefficient (Wildman–Crippen LogP) is 0.938. The first kappa shape index (κ1) is 20.1. The van der Waals surface area contributed by atoms with Gasteiger partial charge in [-0.3, -0.25) is 4.48 Å². The Balaban J connectivity index is 0.00000243. The zero-order valence-corrected chi connectivity index (χ0v) is 16.2. The summed E-state index contributed by atoms with van der Waals surface area (Å²) in [5, 5.41) is 19.4. The molecule has 1 unspecified atom stereocenters. The van der Waals surface area contributed by atoms with E-state index in [-0.39, 0.29) is 12.4 Å². The van der Waals surface area contributed by atoms with Crippen LogP contribution in [0.3, 0.4) is 0 Å². The molecule has 26 heavy (non-hydrogen) atoms. The number of para-hydroxylation sites is 1. The molecule has 0 saturated heterocycles. The molecule has 0 bridgehead atoms. The number of hydrogen-bond donors (Lipinski definition) is 1. The quantitative estimate of drug-likeness (QED) is 0.640. The molecule has 0 fully saturated rings. The van der Waals surface area contributed by atoms with Gasteiger partial charge < -0.3 is 22.3 Å². The van der Waals surface area contributed by atoms with E-state index in [0.29, 0.717) is 22.3 Å². The van der Waals surface area contributed by atoms with Crippen LogP contribution in [0.25, 0.3) is 6.08 Å². The Kier molecular flexibility index (Phi) is 5.86. The highest BCUT2D eigenvalue weighted by Gasteiger charge is 2.32.